The summed E-state index contributed by atoms with van der Waals surface area (Å²) in [6.45, 7) is 6.84. The van der Waals surface area contributed by atoms with Crippen LogP contribution in [0.1, 0.15) is 51.7 Å². The van der Waals surface area contributed by atoms with Crippen molar-refractivity contribution in [3.05, 3.63) is 36.1 Å². The molecule has 1 unspecified atom stereocenters. The molecular weight excluding hydrogens is 332 g/mol. The summed E-state index contributed by atoms with van der Waals surface area (Å²) < 4.78 is 5.34. The SMILES string of the molecule is CC(C)C(C)(CC(=O)O)Cc1nc(CCCCNc2ccccn2)no1. The Hall–Kier alpha value is -2.44. The average molecular weight is 360 g/mol. The summed E-state index contributed by atoms with van der Waals surface area (Å²) in [4.78, 5) is 19.8. The van der Waals surface area contributed by atoms with Gasteiger partial charge in [-0.05, 0) is 36.3 Å². The van der Waals surface area contributed by atoms with Crippen molar-refractivity contribution in [1.82, 2.24) is 15.1 Å². The zero-order valence-corrected chi connectivity index (χ0v) is 15.7. The van der Waals surface area contributed by atoms with Gasteiger partial charge in [-0.3, -0.25) is 4.79 Å². The van der Waals surface area contributed by atoms with Crippen molar-refractivity contribution in [2.75, 3.05) is 11.9 Å². The summed E-state index contributed by atoms with van der Waals surface area (Å²) in [6.07, 6.45) is 4.98. The molecule has 0 spiro atoms. The second-order valence-corrected chi connectivity index (χ2v) is 7.26. The van der Waals surface area contributed by atoms with Gasteiger partial charge in [0, 0.05) is 25.6 Å². The molecule has 2 aromatic heterocycles. The van der Waals surface area contributed by atoms with Crippen molar-refractivity contribution in [2.45, 2.75) is 52.9 Å². The normalized spacial score (nSPS) is 13.5. The lowest BCUT2D eigenvalue weighted by atomic mass is 9.74. The summed E-state index contributed by atoms with van der Waals surface area (Å²) in [5.41, 5.74) is -0.401. The predicted octanol–water partition coefficient (Wildman–Crippen LogP) is 3.58. The minimum absolute atomic E-state index is 0.0849. The molecule has 7 heteroatoms. The van der Waals surface area contributed by atoms with Gasteiger partial charge >= 0.3 is 5.97 Å². The zero-order valence-electron chi connectivity index (χ0n) is 15.7. The van der Waals surface area contributed by atoms with E-state index in [1.807, 2.05) is 39.0 Å². The van der Waals surface area contributed by atoms with Crippen LogP contribution in [-0.2, 0) is 17.6 Å². The molecule has 26 heavy (non-hydrogen) atoms. The van der Waals surface area contributed by atoms with Crippen molar-refractivity contribution in [3.63, 3.8) is 0 Å². The molecule has 1 atom stereocenters. The topological polar surface area (TPSA) is 101 Å². The molecule has 2 heterocycles. The highest BCUT2D eigenvalue weighted by atomic mass is 16.5. The van der Waals surface area contributed by atoms with Crippen LogP contribution in [-0.4, -0.2) is 32.7 Å². The molecule has 142 valence electrons. The summed E-state index contributed by atoms with van der Waals surface area (Å²) in [5, 5.41) is 16.4. The van der Waals surface area contributed by atoms with Gasteiger partial charge in [-0.1, -0.05) is 32.0 Å². The van der Waals surface area contributed by atoms with Gasteiger partial charge in [0.1, 0.15) is 5.82 Å². The number of hydrogen-bond donors (Lipinski definition) is 2. The lowest BCUT2D eigenvalue weighted by Gasteiger charge is -2.30. The Morgan fingerprint density at radius 2 is 2.15 bits per heavy atom. The van der Waals surface area contributed by atoms with E-state index in [1.54, 1.807) is 6.20 Å². The smallest absolute Gasteiger partial charge is 0.303 e. The molecule has 2 rings (SSSR count). The van der Waals surface area contributed by atoms with Gasteiger partial charge in [0.15, 0.2) is 5.82 Å². The van der Waals surface area contributed by atoms with E-state index in [-0.39, 0.29) is 12.3 Å². The van der Waals surface area contributed by atoms with E-state index in [9.17, 15) is 4.79 Å². The van der Waals surface area contributed by atoms with E-state index in [2.05, 4.69) is 20.4 Å². The highest BCUT2D eigenvalue weighted by molar-refractivity contribution is 5.67. The number of hydrogen-bond acceptors (Lipinski definition) is 6. The molecule has 0 saturated heterocycles. The number of nitrogens with one attached hydrogen (secondary N) is 1. The largest absolute Gasteiger partial charge is 0.481 e. The van der Waals surface area contributed by atoms with E-state index < -0.39 is 11.4 Å². The van der Waals surface area contributed by atoms with Gasteiger partial charge < -0.3 is 14.9 Å². The molecule has 0 bridgehead atoms. The summed E-state index contributed by atoms with van der Waals surface area (Å²) in [6, 6.07) is 5.78. The number of rotatable bonds is 11. The maximum absolute atomic E-state index is 11.1. The van der Waals surface area contributed by atoms with Crippen LogP contribution in [0.15, 0.2) is 28.9 Å². The van der Waals surface area contributed by atoms with Crippen molar-refractivity contribution < 1.29 is 14.4 Å². The number of carbonyl (C=O) groups is 1. The van der Waals surface area contributed by atoms with E-state index in [0.29, 0.717) is 18.1 Å². The molecule has 2 aromatic rings. The minimum Gasteiger partial charge on any atom is -0.481 e. The second kappa shape index (κ2) is 9.31. The molecule has 0 aromatic carbocycles. The maximum Gasteiger partial charge on any atom is 0.303 e. The van der Waals surface area contributed by atoms with Crippen LogP contribution in [0.4, 0.5) is 5.82 Å². The highest BCUT2D eigenvalue weighted by Crippen LogP contribution is 2.34. The van der Waals surface area contributed by atoms with Gasteiger partial charge in [0.05, 0.1) is 6.42 Å². The standard InChI is InChI=1S/C19H28N4O3/c1-14(2)19(3,13-18(24)25)12-17-22-16(23-26-17)9-5-7-11-21-15-8-4-6-10-20-15/h4,6,8,10,14H,5,7,9,11-13H2,1-3H3,(H,20,21)(H,24,25). The molecule has 7 nitrogen and oxygen atoms in total. The van der Waals surface area contributed by atoms with Gasteiger partial charge in [-0.25, -0.2) is 4.98 Å². The number of aliphatic carboxylic acids is 1. The van der Waals surface area contributed by atoms with Gasteiger partial charge in [-0.2, -0.15) is 4.98 Å². The minimum atomic E-state index is -0.804. The van der Waals surface area contributed by atoms with Crippen LogP contribution in [0.5, 0.6) is 0 Å². The molecular formula is C19H28N4O3. The van der Waals surface area contributed by atoms with Crippen LogP contribution < -0.4 is 5.32 Å². The van der Waals surface area contributed by atoms with Gasteiger partial charge in [0.25, 0.3) is 0 Å². The third kappa shape index (κ3) is 6.13. The van der Waals surface area contributed by atoms with Crippen LogP contribution in [0.25, 0.3) is 0 Å². The first-order valence-electron chi connectivity index (χ1n) is 9.07. The van der Waals surface area contributed by atoms with Crippen molar-refractivity contribution in [1.29, 1.82) is 0 Å². The number of carboxylic acids is 1. The highest BCUT2D eigenvalue weighted by Gasteiger charge is 2.33. The van der Waals surface area contributed by atoms with Crippen LogP contribution in [0.2, 0.25) is 0 Å². The fourth-order valence-corrected chi connectivity index (χ4v) is 2.72. The van der Waals surface area contributed by atoms with Crippen molar-refractivity contribution >= 4 is 11.8 Å². The fraction of sp³-hybridized carbons (Fsp3) is 0.579. The molecule has 0 saturated carbocycles. The quantitative estimate of drug-likeness (QED) is 0.591. The average Bonchev–Trinajstić information content (AvgIpc) is 3.01. The van der Waals surface area contributed by atoms with E-state index >= 15 is 0 Å². The molecule has 0 amide bonds. The number of pyridine rings is 1. The monoisotopic (exact) mass is 360 g/mol. The Bertz CT molecular complexity index is 687. The Morgan fingerprint density at radius 1 is 1.35 bits per heavy atom. The Morgan fingerprint density at radius 3 is 2.81 bits per heavy atom. The Kier molecular flexibility index (Phi) is 7.12. The number of nitrogens with zero attached hydrogens (tertiary/aromatic N) is 3. The molecule has 0 aliphatic rings. The molecule has 2 N–H and O–H groups in total. The first-order chi connectivity index (χ1) is 12.4. The third-order valence-electron chi connectivity index (χ3n) is 4.81. The van der Waals surface area contributed by atoms with E-state index in [0.717, 1.165) is 31.6 Å². The maximum atomic E-state index is 11.1. The molecule has 0 fully saturated rings. The lowest BCUT2D eigenvalue weighted by molar-refractivity contribution is -0.140. The van der Waals surface area contributed by atoms with Gasteiger partial charge in [-0.15, -0.1) is 0 Å². The van der Waals surface area contributed by atoms with Gasteiger partial charge in [0.2, 0.25) is 5.89 Å². The molecule has 0 radical (unpaired) electrons. The summed E-state index contributed by atoms with van der Waals surface area (Å²) >= 11 is 0. The Balaban J connectivity index is 1.77. The third-order valence-corrected chi connectivity index (χ3v) is 4.81. The Labute approximate surface area is 154 Å². The summed E-state index contributed by atoms with van der Waals surface area (Å²) in [7, 11) is 0. The fourth-order valence-electron chi connectivity index (χ4n) is 2.72. The van der Waals surface area contributed by atoms with E-state index in [1.165, 1.54) is 0 Å². The number of unbranched alkanes of at least 4 members (excludes halogenated alkanes) is 1. The number of carboxylic acid groups (broad SMARTS) is 1. The number of aryl methyl sites for hydroxylation is 1. The van der Waals surface area contributed by atoms with Crippen LogP contribution in [0.3, 0.4) is 0 Å². The molecule has 0 aliphatic heterocycles. The number of aromatic nitrogens is 3. The van der Waals surface area contributed by atoms with Crippen LogP contribution >= 0.6 is 0 Å². The first-order valence-corrected chi connectivity index (χ1v) is 9.07. The van der Waals surface area contributed by atoms with Crippen molar-refractivity contribution in [2.24, 2.45) is 11.3 Å². The van der Waals surface area contributed by atoms with E-state index in [4.69, 9.17) is 9.63 Å². The van der Waals surface area contributed by atoms with Crippen molar-refractivity contribution in [3.8, 4) is 0 Å². The molecule has 0 aliphatic carbocycles. The zero-order chi connectivity index (χ0) is 19.0. The summed E-state index contributed by atoms with van der Waals surface area (Å²) in [5.74, 6) is 1.47. The first kappa shape index (κ1) is 19.9. The second-order valence-electron chi connectivity index (χ2n) is 7.26. The number of anilines is 1. The van der Waals surface area contributed by atoms with Crippen LogP contribution in [0, 0.1) is 11.3 Å². The lowest BCUT2D eigenvalue weighted by Crippen LogP contribution is -2.29. The predicted molar refractivity (Wildman–Crippen MR) is 98.9 cm³/mol.